The molecular formula is C15H28BNO4. The summed E-state index contributed by atoms with van der Waals surface area (Å²) in [6, 6.07) is 0. The van der Waals surface area contributed by atoms with E-state index in [0.717, 1.165) is 32.3 Å². The highest BCUT2D eigenvalue weighted by molar-refractivity contribution is 6.45. The van der Waals surface area contributed by atoms with Gasteiger partial charge in [-0.3, -0.25) is 0 Å². The molecule has 2 saturated heterocycles. The fourth-order valence-electron chi connectivity index (χ4n) is 2.81. The lowest BCUT2D eigenvalue weighted by Crippen LogP contribution is -2.41. The van der Waals surface area contributed by atoms with Crippen LogP contribution >= 0.6 is 0 Å². The second kappa shape index (κ2) is 6.17. The molecule has 2 rings (SSSR count). The first kappa shape index (κ1) is 16.6. The molecule has 2 fully saturated rings. The minimum absolute atomic E-state index is 0.174. The van der Waals surface area contributed by atoms with Gasteiger partial charge in [0.2, 0.25) is 0 Å². The number of rotatable bonds is 4. The number of hydrogen-bond acceptors (Lipinski definition) is 4. The van der Waals surface area contributed by atoms with Crippen molar-refractivity contribution in [2.75, 3.05) is 19.7 Å². The Bertz CT molecular complexity index is 370. The molecule has 2 aliphatic heterocycles. The van der Waals surface area contributed by atoms with Crippen molar-refractivity contribution in [1.82, 2.24) is 4.90 Å². The molecule has 21 heavy (non-hydrogen) atoms. The van der Waals surface area contributed by atoms with Crippen molar-refractivity contribution < 1.29 is 18.8 Å². The van der Waals surface area contributed by atoms with Gasteiger partial charge in [-0.15, -0.1) is 0 Å². The first-order valence-electron chi connectivity index (χ1n) is 8.02. The monoisotopic (exact) mass is 297 g/mol. The van der Waals surface area contributed by atoms with E-state index >= 15 is 0 Å². The number of ether oxygens (including phenoxy) is 1. The van der Waals surface area contributed by atoms with Crippen LogP contribution in [0.25, 0.3) is 0 Å². The summed E-state index contributed by atoms with van der Waals surface area (Å²) in [5, 5.41) is 0. The Balaban J connectivity index is 1.80. The number of carbonyl (C=O) groups excluding carboxylic acids is 1. The van der Waals surface area contributed by atoms with Crippen molar-refractivity contribution in [1.29, 1.82) is 0 Å². The Morgan fingerprint density at radius 1 is 1.29 bits per heavy atom. The fourth-order valence-corrected chi connectivity index (χ4v) is 2.81. The molecule has 0 aromatic rings. The van der Waals surface area contributed by atoms with Crippen molar-refractivity contribution >= 4 is 13.2 Å². The summed E-state index contributed by atoms with van der Waals surface area (Å²) in [5.74, 6) is 0.425. The average Bonchev–Trinajstić information content (AvgIpc) is 2.90. The molecule has 5 nitrogen and oxygen atoms in total. The van der Waals surface area contributed by atoms with Crippen LogP contribution in [-0.4, -0.2) is 49.0 Å². The van der Waals surface area contributed by atoms with Gasteiger partial charge < -0.3 is 18.9 Å². The zero-order chi connectivity index (χ0) is 15.7. The van der Waals surface area contributed by atoms with Crippen LogP contribution in [0.1, 0.15) is 47.5 Å². The van der Waals surface area contributed by atoms with E-state index < -0.39 is 0 Å². The van der Waals surface area contributed by atoms with Gasteiger partial charge >= 0.3 is 13.2 Å². The second-order valence-corrected chi connectivity index (χ2v) is 7.14. The number of carbonyl (C=O) groups is 1. The smallest absolute Gasteiger partial charge is 0.449 e. The summed E-state index contributed by atoms with van der Waals surface area (Å²) < 4.78 is 17.2. The van der Waals surface area contributed by atoms with E-state index in [1.807, 2.05) is 6.92 Å². The van der Waals surface area contributed by atoms with Crippen LogP contribution in [0.3, 0.4) is 0 Å². The predicted molar refractivity (Wildman–Crippen MR) is 82.2 cm³/mol. The normalized spacial score (nSPS) is 27.2. The van der Waals surface area contributed by atoms with Crippen molar-refractivity contribution in [3.05, 3.63) is 0 Å². The minimum atomic E-state index is -0.282. The van der Waals surface area contributed by atoms with Crippen LogP contribution < -0.4 is 0 Å². The molecule has 0 aromatic heterocycles. The quantitative estimate of drug-likeness (QED) is 0.749. The highest BCUT2D eigenvalue weighted by Gasteiger charge is 2.51. The maximum absolute atomic E-state index is 11.8. The Morgan fingerprint density at radius 2 is 1.90 bits per heavy atom. The summed E-state index contributed by atoms with van der Waals surface area (Å²) in [5.41, 5.74) is -0.563. The lowest BCUT2D eigenvalue weighted by Gasteiger charge is -2.32. The number of hydrogen-bond donors (Lipinski definition) is 0. The van der Waals surface area contributed by atoms with E-state index in [1.54, 1.807) is 4.90 Å². The van der Waals surface area contributed by atoms with Crippen LogP contribution in [0.15, 0.2) is 0 Å². The molecule has 0 aromatic carbocycles. The molecule has 1 unspecified atom stereocenters. The molecule has 0 N–H and O–H groups in total. The largest absolute Gasteiger partial charge is 0.458 e. The molecule has 1 atom stereocenters. The molecule has 120 valence electrons. The topological polar surface area (TPSA) is 48.0 Å². The summed E-state index contributed by atoms with van der Waals surface area (Å²) in [6.45, 7) is 12.3. The number of likely N-dealkylation sites (tertiary alicyclic amines) is 1. The van der Waals surface area contributed by atoms with Crippen molar-refractivity contribution in [2.45, 2.75) is 65.0 Å². The maximum Gasteiger partial charge on any atom is 0.458 e. The van der Waals surface area contributed by atoms with Gasteiger partial charge in [0.1, 0.15) is 0 Å². The molecule has 0 radical (unpaired) electrons. The van der Waals surface area contributed by atoms with Crippen LogP contribution in [-0.2, 0) is 14.0 Å². The van der Waals surface area contributed by atoms with Gasteiger partial charge in [0.25, 0.3) is 0 Å². The summed E-state index contributed by atoms with van der Waals surface area (Å²) in [7, 11) is -0.174. The van der Waals surface area contributed by atoms with Gasteiger partial charge in [0, 0.05) is 13.1 Å². The Hall–Kier alpha value is -0.745. The minimum Gasteiger partial charge on any atom is -0.449 e. The van der Waals surface area contributed by atoms with Crippen LogP contribution in [0.5, 0.6) is 0 Å². The van der Waals surface area contributed by atoms with Crippen LogP contribution in [0, 0.1) is 5.92 Å². The number of nitrogens with zero attached hydrogens (tertiary/aromatic N) is 1. The highest BCUT2D eigenvalue weighted by Crippen LogP contribution is 2.39. The number of amides is 1. The lowest BCUT2D eigenvalue weighted by atomic mass is 9.77. The third kappa shape index (κ3) is 3.72. The van der Waals surface area contributed by atoms with Gasteiger partial charge in [0.05, 0.1) is 17.8 Å². The zero-order valence-electron chi connectivity index (χ0n) is 14.0. The highest BCUT2D eigenvalue weighted by atomic mass is 16.7. The third-order valence-electron chi connectivity index (χ3n) is 4.80. The van der Waals surface area contributed by atoms with E-state index in [9.17, 15) is 4.79 Å². The van der Waals surface area contributed by atoms with E-state index in [0.29, 0.717) is 12.5 Å². The SMILES string of the molecule is CCCOC(=O)N1CCC(CB2OC(C)(C)C(C)(C)O2)C1. The molecular weight excluding hydrogens is 269 g/mol. The molecule has 0 spiro atoms. The van der Waals surface area contributed by atoms with E-state index in [2.05, 4.69) is 27.7 Å². The summed E-state index contributed by atoms with van der Waals surface area (Å²) in [4.78, 5) is 13.6. The zero-order valence-corrected chi connectivity index (χ0v) is 14.0. The lowest BCUT2D eigenvalue weighted by molar-refractivity contribution is 0.00578. The average molecular weight is 297 g/mol. The Labute approximate surface area is 128 Å². The van der Waals surface area contributed by atoms with Crippen LogP contribution in [0.4, 0.5) is 4.79 Å². The molecule has 2 heterocycles. The van der Waals surface area contributed by atoms with Crippen molar-refractivity contribution in [3.8, 4) is 0 Å². The Morgan fingerprint density at radius 3 is 2.48 bits per heavy atom. The maximum atomic E-state index is 11.8. The summed E-state index contributed by atoms with van der Waals surface area (Å²) in [6.07, 6.45) is 2.50. The second-order valence-electron chi connectivity index (χ2n) is 7.14. The first-order chi connectivity index (χ1) is 9.75. The van der Waals surface area contributed by atoms with E-state index in [1.165, 1.54) is 0 Å². The summed E-state index contributed by atoms with van der Waals surface area (Å²) >= 11 is 0. The molecule has 0 saturated carbocycles. The molecule has 0 aliphatic carbocycles. The Kier molecular flexibility index (Phi) is 4.88. The van der Waals surface area contributed by atoms with Gasteiger partial charge in [-0.1, -0.05) is 6.92 Å². The first-order valence-corrected chi connectivity index (χ1v) is 8.02. The van der Waals surface area contributed by atoms with Gasteiger partial charge in [-0.05, 0) is 52.8 Å². The van der Waals surface area contributed by atoms with Gasteiger partial charge in [-0.25, -0.2) is 4.79 Å². The van der Waals surface area contributed by atoms with Gasteiger partial charge in [0.15, 0.2) is 0 Å². The van der Waals surface area contributed by atoms with Crippen molar-refractivity contribution in [2.24, 2.45) is 5.92 Å². The van der Waals surface area contributed by atoms with E-state index in [-0.39, 0.29) is 24.4 Å². The van der Waals surface area contributed by atoms with Crippen molar-refractivity contribution in [3.63, 3.8) is 0 Å². The predicted octanol–water partition coefficient (Wildman–Crippen LogP) is 2.95. The third-order valence-corrected chi connectivity index (χ3v) is 4.80. The molecule has 2 aliphatic rings. The molecule has 1 amide bonds. The molecule has 0 bridgehead atoms. The fraction of sp³-hybridized carbons (Fsp3) is 0.933. The van der Waals surface area contributed by atoms with Crippen LogP contribution in [0.2, 0.25) is 6.32 Å². The van der Waals surface area contributed by atoms with Gasteiger partial charge in [-0.2, -0.15) is 0 Å². The molecule has 6 heteroatoms. The van der Waals surface area contributed by atoms with E-state index in [4.69, 9.17) is 14.0 Å². The standard InChI is InChI=1S/C15H28BNO4/c1-6-9-19-13(18)17-8-7-12(11-17)10-16-20-14(2,3)15(4,5)21-16/h12H,6-11H2,1-5H3.